The van der Waals surface area contributed by atoms with E-state index in [2.05, 4.69) is 0 Å². The molecule has 3 nitrogen and oxygen atoms in total. The lowest BCUT2D eigenvalue weighted by atomic mass is 10.3. The van der Waals surface area contributed by atoms with E-state index in [4.69, 9.17) is 0 Å². The van der Waals surface area contributed by atoms with Gasteiger partial charge >= 0.3 is 33.8 Å². The van der Waals surface area contributed by atoms with Crippen LogP contribution in [0.25, 0.3) is 0 Å². The van der Waals surface area contributed by atoms with Gasteiger partial charge in [0.1, 0.15) is 0 Å². The van der Waals surface area contributed by atoms with Crippen LogP contribution in [0.3, 0.4) is 0 Å². The lowest BCUT2D eigenvalue weighted by Gasteiger charge is -2.28. The van der Waals surface area contributed by atoms with Crippen LogP contribution in [-0.4, -0.2) is 32.1 Å². The largest absolute Gasteiger partial charge is 0.523 e. The molecule has 0 rings (SSSR count). The molecule has 0 aliphatic rings. The van der Waals surface area contributed by atoms with Crippen molar-refractivity contribution in [3.05, 3.63) is 0 Å². The average Bonchev–Trinajstić information content (AvgIpc) is 1.95. The first kappa shape index (κ1) is 17.2. The summed E-state index contributed by atoms with van der Waals surface area (Å²) in [5.74, 6) is -6.99. The molecule has 0 atom stereocenters. The molecule has 0 aromatic heterocycles. The summed E-state index contributed by atoms with van der Waals surface area (Å²) in [4.78, 5) is 0. The normalized spacial score (nSPS) is 15.9. The fraction of sp³-hybridized carbons (Fsp3) is 1.00. The van der Waals surface area contributed by atoms with Crippen molar-refractivity contribution >= 4 is 10.1 Å². The van der Waals surface area contributed by atoms with Crippen molar-refractivity contribution in [1.29, 1.82) is 0 Å². The highest BCUT2D eigenvalue weighted by atomic mass is 32.2. The third-order valence-electron chi connectivity index (χ3n) is 1.24. The number of halogens is 10. The van der Waals surface area contributed by atoms with Gasteiger partial charge in [0.15, 0.2) is 0 Å². The lowest BCUT2D eigenvalue weighted by Crippen LogP contribution is -2.57. The van der Waals surface area contributed by atoms with Crippen LogP contribution < -0.4 is 0 Å². The van der Waals surface area contributed by atoms with Crippen molar-refractivity contribution in [2.24, 2.45) is 0 Å². The molecule has 0 radical (unpaired) electrons. The van der Waals surface area contributed by atoms with Crippen LogP contribution in [0.5, 0.6) is 0 Å². The van der Waals surface area contributed by atoms with Crippen LogP contribution in [0.15, 0.2) is 0 Å². The molecular weight excluding hydrogens is 318 g/mol. The van der Waals surface area contributed by atoms with Crippen molar-refractivity contribution in [3.8, 4) is 0 Å². The van der Waals surface area contributed by atoms with Crippen LogP contribution in [-0.2, 0) is 14.3 Å². The molecular formula is C4F10O3S. The van der Waals surface area contributed by atoms with Crippen LogP contribution in [0.2, 0.25) is 0 Å². The maximum Gasteiger partial charge on any atom is 0.523 e. The van der Waals surface area contributed by atoms with Gasteiger partial charge < -0.3 is 0 Å². The second-order valence-electron chi connectivity index (χ2n) is 2.57. The summed E-state index contributed by atoms with van der Waals surface area (Å²) in [5, 5.41) is 0. The standard InChI is InChI=1S/C4F10O3S/c5-1(2(6,7)8,3(9,10)11)17-18(15,16)4(12,13)14. The SMILES string of the molecule is O=S(=O)(OC(F)(C(F)(F)F)C(F)(F)F)C(F)(F)F. The fourth-order valence-electron chi connectivity index (χ4n) is 0.454. The summed E-state index contributed by atoms with van der Waals surface area (Å²) in [6, 6.07) is 0. The topological polar surface area (TPSA) is 43.4 Å². The smallest absolute Gasteiger partial charge is 0.205 e. The van der Waals surface area contributed by atoms with E-state index in [9.17, 15) is 52.3 Å². The first-order chi connectivity index (χ1) is 7.46. The van der Waals surface area contributed by atoms with Crippen molar-refractivity contribution in [2.45, 2.75) is 23.7 Å². The number of alkyl halides is 10. The minimum atomic E-state index is -7.44. The van der Waals surface area contributed by atoms with Gasteiger partial charge in [-0.3, -0.25) is 0 Å². The molecule has 0 heterocycles. The van der Waals surface area contributed by atoms with Gasteiger partial charge in [0.2, 0.25) is 0 Å². The van der Waals surface area contributed by atoms with E-state index in [0.29, 0.717) is 0 Å². The number of hydrogen-bond donors (Lipinski definition) is 0. The van der Waals surface area contributed by atoms with Gasteiger partial charge in [-0.2, -0.15) is 52.3 Å². The Morgan fingerprint density at radius 1 is 0.667 bits per heavy atom. The fourth-order valence-corrected chi connectivity index (χ4v) is 1.04. The maximum absolute atomic E-state index is 12.5. The number of hydrogen-bond acceptors (Lipinski definition) is 3. The van der Waals surface area contributed by atoms with Crippen LogP contribution >= 0.6 is 0 Å². The van der Waals surface area contributed by atoms with E-state index < -0.39 is 33.8 Å². The van der Waals surface area contributed by atoms with E-state index >= 15 is 0 Å². The van der Waals surface area contributed by atoms with E-state index in [1.807, 2.05) is 0 Å². The summed E-state index contributed by atoms with van der Waals surface area (Å²) in [6.45, 7) is 0. The Morgan fingerprint density at radius 2 is 0.944 bits per heavy atom. The molecule has 0 N–H and O–H groups in total. The molecule has 0 saturated heterocycles. The zero-order valence-electron chi connectivity index (χ0n) is 7.41. The van der Waals surface area contributed by atoms with Crippen LogP contribution in [0.4, 0.5) is 43.9 Å². The summed E-state index contributed by atoms with van der Waals surface area (Å²) in [7, 11) is -7.44. The minimum absolute atomic E-state index is 1.65. The van der Waals surface area contributed by atoms with E-state index in [1.165, 1.54) is 0 Å². The second-order valence-corrected chi connectivity index (χ2v) is 4.11. The molecule has 0 aliphatic heterocycles. The van der Waals surface area contributed by atoms with Crippen LogP contribution in [0.1, 0.15) is 0 Å². The van der Waals surface area contributed by atoms with Crippen molar-refractivity contribution in [3.63, 3.8) is 0 Å². The molecule has 18 heavy (non-hydrogen) atoms. The van der Waals surface area contributed by atoms with Gasteiger partial charge in [-0.15, -0.1) is 0 Å². The van der Waals surface area contributed by atoms with Crippen molar-refractivity contribution < 1.29 is 56.5 Å². The second kappa shape index (κ2) is 4.11. The molecule has 0 bridgehead atoms. The Bertz CT molecular complexity index is 384. The van der Waals surface area contributed by atoms with Gasteiger partial charge in [-0.25, -0.2) is 4.18 Å². The highest BCUT2D eigenvalue weighted by Crippen LogP contribution is 2.49. The summed E-state index contributed by atoms with van der Waals surface area (Å²) in [6.07, 6.45) is -14.2. The first-order valence-electron chi connectivity index (χ1n) is 3.30. The minimum Gasteiger partial charge on any atom is -0.205 e. The molecule has 14 heteroatoms. The highest BCUT2D eigenvalue weighted by molar-refractivity contribution is 7.87. The maximum atomic E-state index is 12.5. The molecule has 0 saturated carbocycles. The Labute approximate surface area is 91.4 Å². The Hall–Kier alpha value is -0.790. The van der Waals surface area contributed by atoms with Gasteiger partial charge in [0, 0.05) is 0 Å². The predicted octanol–water partition coefficient (Wildman–Crippen LogP) is 2.64. The third-order valence-corrected chi connectivity index (χ3v) is 2.25. The highest BCUT2D eigenvalue weighted by Gasteiger charge is 2.78. The van der Waals surface area contributed by atoms with Gasteiger partial charge in [-0.05, 0) is 0 Å². The van der Waals surface area contributed by atoms with Crippen LogP contribution in [0, 0.1) is 0 Å². The lowest BCUT2D eigenvalue weighted by molar-refractivity contribution is -0.406. The molecule has 0 aliphatic carbocycles. The molecule has 0 aromatic carbocycles. The molecule has 0 unspecified atom stereocenters. The van der Waals surface area contributed by atoms with Gasteiger partial charge in [0.25, 0.3) is 0 Å². The van der Waals surface area contributed by atoms with E-state index in [-0.39, 0.29) is 0 Å². The molecule has 110 valence electrons. The summed E-state index contributed by atoms with van der Waals surface area (Å²) in [5.41, 5.74) is -6.65. The van der Waals surface area contributed by atoms with E-state index in [1.54, 1.807) is 4.18 Å². The van der Waals surface area contributed by atoms with Gasteiger partial charge in [0.05, 0.1) is 0 Å². The van der Waals surface area contributed by atoms with Crippen molar-refractivity contribution in [2.75, 3.05) is 0 Å². The molecule has 0 aromatic rings. The van der Waals surface area contributed by atoms with Gasteiger partial charge in [-0.1, -0.05) is 0 Å². The zero-order valence-corrected chi connectivity index (χ0v) is 8.23. The summed E-state index contributed by atoms with van der Waals surface area (Å²) >= 11 is 0. The number of rotatable bonds is 2. The molecule has 0 amide bonds. The summed E-state index contributed by atoms with van der Waals surface area (Å²) < 4.78 is 139. The zero-order chi connectivity index (χ0) is 15.2. The Balaban J connectivity index is 5.74. The van der Waals surface area contributed by atoms with E-state index in [0.717, 1.165) is 0 Å². The molecule has 0 fully saturated rings. The Kier molecular flexibility index (Phi) is 3.93. The Morgan fingerprint density at radius 3 is 1.11 bits per heavy atom. The van der Waals surface area contributed by atoms with Crippen molar-refractivity contribution in [1.82, 2.24) is 0 Å². The quantitative estimate of drug-likeness (QED) is 0.447. The predicted molar refractivity (Wildman–Crippen MR) is 32.0 cm³/mol. The average molecular weight is 318 g/mol. The molecule has 0 spiro atoms. The first-order valence-corrected chi connectivity index (χ1v) is 4.71. The monoisotopic (exact) mass is 318 g/mol. The third kappa shape index (κ3) is 2.96.